The van der Waals surface area contributed by atoms with Gasteiger partial charge < -0.3 is 10.2 Å². The zero-order valence-electron chi connectivity index (χ0n) is 11.3. The second-order valence-corrected chi connectivity index (χ2v) is 6.29. The van der Waals surface area contributed by atoms with E-state index in [2.05, 4.69) is 34.0 Å². The van der Waals surface area contributed by atoms with Gasteiger partial charge in [-0.2, -0.15) is 4.98 Å². The molecule has 3 heterocycles. The fraction of sp³-hybridized carbons (Fsp3) is 0.615. The minimum Gasteiger partial charge on any atom is -0.342 e. The van der Waals surface area contributed by atoms with Gasteiger partial charge in [0.05, 0.1) is 5.69 Å². The van der Waals surface area contributed by atoms with Gasteiger partial charge in [0.2, 0.25) is 11.2 Å². The molecule has 1 aromatic rings. The maximum absolute atomic E-state index is 12.4. The first-order valence-electron chi connectivity index (χ1n) is 6.52. The molecule has 1 fully saturated rings. The van der Waals surface area contributed by atoms with Crippen LogP contribution in [0.4, 0.5) is 11.5 Å². The van der Waals surface area contributed by atoms with E-state index in [4.69, 9.17) is 11.6 Å². The predicted molar refractivity (Wildman–Crippen MR) is 74.6 cm³/mol. The molecule has 2 aliphatic rings. The topological polar surface area (TPSA) is 58.1 Å². The molecule has 1 atom stereocenters. The Bertz CT molecular complexity index is 558. The predicted octanol–water partition coefficient (Wildman–Crippen LogP) is 2.39. The minimum atomic E-state index is -0.181. The van der Waals surface area contributed by atoms with Crippen LogP contribution in [0.25, 0.3) is 0 Å². The lowest BCUT2D eigenvalue weighted by atomic mass is 9.75. The van der Waals surface area contributed by atoms with Crippen molar-refractivity contribution < 1.29 is 4.79 Å². The summed E-state index contributed by atoms with van der Waals surface area (Å²) in [6.45, 7) is 6.93. The van der Waals surface area contributed by atoms with Gasteiger partial charge in [0.25, 0.3) is 0 Å². The summed E-state index contributed by atoms with van der Waals surface area (Å²) in [5.41, 5.74) is 1.35. The zero-order valence-corrected chi connectivity index (χ0v) is 12.1. The van der Waals surface area contributed by atoms with Gasteiger partial charge in [0.15, 0.2) is 5.82 Å². The van der Waals surface area contributed by atoms with Crippen LogP contribution in [0.3, 0.4) is 0 Å². The van der Waals surface area contributed by atoms with Gasteiger partial charge in [-0.15, -0.1) is 0 Å². The number of rotatable bonds is 0. The SMILES string of the molecule is Cc1nc(Cl)nc2c1NC(=O)C1N2CCCC1(C)C. The molecular formula is C13H17ClN4O. The van der Waals surface area contributed by atoms with Crippen molar-refractivity contribution in [2.24, 2.45) is 5.41 Å². The van der Waals surface area contributed by atoms with Crippen LogP contribution in [0, 0.1) is 12.3 Å². The molecule has 5 nitrogen and oxygen atoms in total. The van der Waals surface area contributed by atoms with Gasteiger partial charge in [-0.3, -0.25) is 4.79 Å². The van der Waals surface area contributed by atoms with E-state index < -0.39 is 0 Å². The number of carbonyl (C=O) groups is 1. The van der Waals surface area contributed by atoms with E-state index in [-0.39, 0.29) is 22.6 Å². The van der Waals surface area contributed by atoms with E-state index in [0.717, 1.165) is 25.2 Å². The maximum atomic E-state index is 12.4. The molecule has 1 unspecified atom stereocenters. The number of halogens is 1. The number of nitrogens with zero attached hydrogens (tertiary/aromatic N) is 3. The van der Waals surface area contributed by atoms with Crippen molar-refractivity contribution in [2.75, 3.05) is 16.8 Å². The normalized spacial score (nSPS) is 24.5. The monoisotopic (exact) mass is 280 g/mol. The van der Waals surface area contributed by atoms with Gasteiger partial charge in [-0.05, 0) is 36.8 Å². The summed E-state index contributed by atoms with van der Waals surface area (Å²) in [4.78, 5) is 22.9. The number of amides is 1. The molecule has 1 amide bonds. The van der Waals surface area contributed by atoms with Crippen LogP contribution >= 0.6 is 11.6 Å². The molecular weight excluding hydrogens is 264 g/mol. The Morgan fingerprint density at radius 3 is 2.89 bits per heavy atom. The quantitative estimate of drug-likeness (QED) is 0.742. The maximum Gasteiger partial charge on any atom is 0.247 e. The van der Waals surface area contributed by atoms with Crippen molar-refractivity contribution in [3.05, 3.63) is 11.0 Å². The van der Waals surface area contributed by atoms with Crippen LogP contribution in [0.5, 0.6) is 0 Å². The number of aryl methyl sites for hydroxylation is 1. The minimum absolute atomic E-state index is 0.0335. The van der Waals surface area contributed by atoms with Crippen LogP contribution in [0.1, 0.15) is 32.4 Å². The Hall–Kier alpha value is -1.36. The van der Waals surface area contributed by atoms with E-state index in [1.165, 1.54) is 0 Å². The number of aromatic nitrogens is 2. The average Bonchev–Trinajstić information content (AvgIpc) is 2.29. The molecule has 0 aromatic carbocycles. The molecule has 0 saturated carbocycles. The molecule has 19 heavy (non-hydrogen) atoms. The highest BCUT2D eigenvalue weighted by molar-refractivity contribution is 6.28. The first-order chi connectivity index (χ1) is 8.90. The lowest BCUT2D eigenvalue weighted by Crippen LogP contribution is -2.59. The molecule has 1 saturated heterocycles. The third-order valence-electron chi connectivity index (χ3n) is 4.08. The van der Waals surface area contributed by atoms with Gasteiger partial charge in [0, 0.05) is 6.54 Å². The van der Waals surface area contributed by atoms with Crippen LogP contribution in [0.2, 0.25) is 5.28 Å². The Kier molecular flexibility index (Phi) is 2.71. The second kappa shape index (κ2) is 4.07. The smallest absolute Gasteiger partial charge is 0.247 e. The molecule has 0 bridgehead atoms. The number of nitrogens with one attached hydrogen (secondary N) is 1. The van der Waals surface area contributed by atoms with Crippen molar-refractivity contribution in [2.45, 2.75) is 39.7 Å². The van der Waals surface area contributed by atoms with E-state index in [1.807, 2.05) is 6.92 Å². The van der Waals surface area contributed by atoms with E-state index in [1.54, 1.807) is 0 Å². The van der Waals surface area contributed by atoms with Gasteiger partial charge in [-0.1, -0.05) is 13.8 Å². The third-order valence-corrected chi connectivity index (χ3v) is 4.25. The van der Waals surface area contributed by atoms with E-state index in [0.29, 0.717) is 11.4 Å². The summed E-state index contributed by atoms with van der Waals surface area (Å²) < 4.78 is 0. The first-order valence-corrected chi connectivity index (χ1v) is 6.89. The van der Waals surface area contributed by atoms with Gasteiger partial charge in [0.1, 0.15) is 11.7 Å². The van der Waals surface area contributed by atoms with Gasteiger partial charge in [-0.25, -0.2) is 4.98 Å². The van der Waals surface area contributed by atoms with E-state index in [9.17, 15) is 4.79 Å². The number of hydrogen-bond donors (Lipinski definition) is 1. The molecule has 3 rings (SSSR count). The molecule has 1 N–H and O–H groups in total. The lowest BCUT2D eigenvalue weighted by Gasteiger charge is -2.48. The molecule has 0 radical (unpaired) electrons. The first kappa shape index (κ1) is 12.7. The van der Waals surface area contributed by atoms with Crippen molar-refractivity contribution in [3.63, 3.8) is 0 Å². The Balaban J connectivity index is 2.15. The lowest BCUT2D eigenvalue weighted by molar-refractivity contribution is -0.120. The second-order valence-electron chi connectivity index (χ2n) is 5.95. The van der Waals surface area contributed by atoms with E-state index >= 15 is 0 Å². The highest BCUT2D eigenvalue weighted by Gasteiger charge is 2.46. The Morgan fingerprint density at radius 2 is 2.16 bits per heavy atom. The third kappa shape index (κ3) is 1.87. The highest BCUT2D eigenvalue weighted by atomic mass is 35.5. The molecule has 6 heteroatoms. The van der Waals surface area contributed by atoms with Crippen molar-refractivity contribution >= 4 is 29.0 Å². The summed E-state index contributed by atoms with van der Waals surface area (Å²) in [6, 6.07) is -0.181. The van der Waals surface area contributed by atoms with Crippen molar-refractivity contribution in [1.29, 1.82) is 0 Å². The summed E-state index contributed by atoms with van der Waals surface area (Å²) in [7, 11) is 0. The van der Waals surface area contributed by atoms with Crippen molar-refractivity contribution in [3.8, 4) is 0 Å². The molecule has 102 valence electrons. The number of fused-ring (bicyclic) bond motifs is 3. The highest BCUT2D eigenvalue weighted by Crippen LogP contribution is 2.43. The summed E-state index contributed by atoms with van der Waals surface area (Å²) in [5, 5.41) is 3.18. The fourth-order valence-corrected chi connectivity index (χ4v) is 3.39. The van der Waals surface area contributed by atoms with Gasteiger partial charge >= 0.3 is 0 Å². The molecule has 2 aliphatic heterocycles. The van der Waals surface area contributed by atoms with Crippen LogP contribution < -0.4 is 10.2 Å². The van der Waals surface area contributed by atoms with Crippen LogP contribution in [-0.4, -0.2) is 28.5 Å². The standard InChI is InChI=1S/C13H17ClN4O/c1-7-8-10(17-12(14)15-7)18-6-4-5-13(2,3)9(18)11(19)16-8/h9H,4-6H2,1-3H3,(H,16,19). The zero-order chi connectivity index (χ0) is 13.8. The largest absolute Gasteiger partial charge is 0.342 e. The molecule has 1 aromatic heterocycles. The van der Waals surface area contributed by atoms with Crippen molar-refractivity contribution in [1.82, 2.24) is 9.97 Å². The Labute approximate surface area is 117 Å². The number of carbonyl (C=O) groups excluding carboxylic acids is 1. The average molecular weight is 281 g/mol. The van der Waals surface area contributed by atoms with Crippen LogP contribution in [0.15, 0.2) is 0 Å². The number of hydrogen-bond acceptors (Lipinski definition) is 4. The number of anilines is 2. The number of piperidine rings is 1. The van der Waals surface area contributed by atoms with Crippen LogP contribution in [-0.2, 0) is 4.79 Å². The molecule has 0 spiro atoms. The Morgan fingerprint density at radius 1 is 1.42 bits per heavy atom. The summed E-state index contributed by atoms with van der Waals surface area (Å²) >= 11 is 5.96. The summed E-state index contributed by atoms with van der Waals surface area (Å²) in [5.74, 6) is 0.793. The molecule has 0 aliphatic carbocycles. The summed E-state index contributed by atoms with van der Waals surface area (Å²) in [6.07, 6.45) is 2.09. The fourth-order valence-electron chi connectivity index (χ4n) is 3.19.